The zero-order valence-electron chi connectivity index (χ0n) is 15.3. The lowest BCUT2D eigenvalue weighted by molar-refractivity contribution is -0.137. The number of carbonyl (C=O) groups excluding carboxylic acids is 3. The van der Waals surface area contributed by atoms with Crippen molar-refractivity contribution in [3.8, 4) is 0 Å². The molecule has 0 radical (unpaired) electrons. The van der Waals surface area contributed by atoms with Gasteiger partial charge in [-0.3, -0.25) is 14.4 Å². The van der Waals surface area contributed by atoms with E-state index < -0.39 is 0 Å². The van der Waals surface area contributed by atoms with E-state index in [9.17, 15) is 14.4 Å². The Balaban J connectivity index is 1.44. The molecule has 0 spiro atoms. The highest BCUT2D eigenvalue weighted by molar-refractivity contribution is 5.92. The van der Waals surface area contributed by atoms with Gasteiger partial charge in [-0.1, -0.05) is 18.2 Å². The van der Waals surface area contributed by atoms with Crippen molar-refractivity contribution in [3.63, 3.8) is 0 Å². The number of rotatable bonds is 5. The van der Waals surface area contributed by atoms with Gasteiger partial charge in [0.25, 0.3) is 0 Å². The summed E-state index contributed by atoms with van der Waals surface area (Å²) in [6.07, 6.45) is 3.22. The number of hydrogen-bond donors (Lipinski definition) is 1. The normalized spacial score (nSPS) is 19.5. The molecule has 1 N–H and O–H groups in total. The Labute approximate surface area is 154 Å². The zero-order chi connectivity index (χ0) is 18.5. The molecular weight excluding hydrogens is 330 g/mol. The molecule has 2 fully saturated rings. The maximum absolute atomic E-state index is 12.5. The lowest BCUT2D eigenvalue weighted by Crippen LogP contribution is -2.44. The zero-order valence-corrected chi connectivity index (χ0v) is 15.3. The molecule has 0 saturated carbocycles. The maximum atomic E-state index is 12.5. The molecule has 6 nitrogen and oxygen atoms in total. The van der Waals surface area contributed by atoms with E-state index >= 15 is 0 Å². The van der Waals surface area contributed by atoms with Gasteiger partial charge in [0.15, 0.2) is 0 Å². The summed E-state index contributed by atoms with van der Waals surface area (Å²) in [7, 11) is 0. The van der Waals surface area contributed by atoms with Gasteiger partial charge >= 0.3 is 0 Å². The minimum Gasteiger partial charge on any atom is -0.343 e. The van der Waals surface area contributed by atoms with Crippen molar-refractivity contribution in [3.05, 3.63) is 30.3 Å². The first-order chi connectivity index (χ1) is 12.5. The first kappa shape index (κ1) is 18.4. The average molecular weight is 357 g/mol. The molecular formula is C20H27N3O3. The smallest absolute Gasteiger partial charge is 0.227 e. The van der Waals surface area contributed by atoms with E-state index in [-0.39, 0.29) is 29.7 Å². The SMILES string of the molecule is CC(CC(=O)N1CCC(C(=O)Nc2ccccc2)CC1)N1CCCC1=O. The molecule has 0 aromatic heterocycles. The average Bonchev–Trinajstić information content (AvgIpc) is 3.08. The molecule has 1 unspecified atom stereocenters. The summed E-state index contributed by atoms with van der Waals surface area (Å²) < 4.78 is 0. The van der Waals surface area contributed by atoms with Crippen LogP contribution in [0.15, 0.2) is 30.3 Å². The summed E-state index contributed by atoms with van der Waals surface area (Å²) in [6, 6.07) is 9.40. The van der Waals surface area contributed by atoms with Crippen LogP contribution in [0.4, 0.5) is 5.69 Å². The van der Waals surface area contributed by atoms with E-state index in [0.717, 1.165) is 18.7 Å². The van der Waals surface area contributed by atoms with Crippen LogP contribution in [0.25, 0.3) is 0 Å². The first-order valence-electron chi connectivity index (χ1n) is 9.48. The van der Waals surface area contributed by atoms with Crippen molar-refractivity contribution in [1.29, 1.82) is 0 Å². The Morgan fingerprint density at radius 2 is 1.85 bits per heavy atom. The topological polar surface area (TPSA) is 69.7 Å². The van der Waals surface area contributed by atoms with Crippen LogP contribution in [0, 0.1) is 5.92 Å². The fourth-order valence-corrected chi connectivity index (χ4v) is 3.78. The van der Waals surface area contributed by atoms with E-state index in [1.165, 1.54) is 0 Å². The summed E-state index contributed by atoms with van der Waals surface area (Å²) in [5, 5.41) is 2.94. The third kappa shape index (κ3) is 4.42. The Morgan fingerprint density at radius 1 is 1.15 bits per heavy atom. The Hall–Kier alpha value is -2.37. The van der Waals surface area contributed by atoms with E-state index in [1.54, 1.807) is 0 Å². The predicted molar refractivity (Wildman–Crippen MR) is 99.4 cm³/mol. The molecule has 1 aromatic rings. The summed E-state index contributed by atoms with van der Waals surface area (Å²) >= 11 is 0. The highest BCUT2D eigenvalue weighted by Gasteiger charge is 2.30. The highest BCUT2D eigenvalue weighted by Crippen LogP contribution is 2.22. The molecule has 1 atom stereocenters. The highest BCUT2D eigenvalue weighted by atomic mass is 16.2. The van der Waals surface area contributed by atoms with Crippen LogP contribution in [0.5, 0.6) is 0 Å². The van der Waals surface area contributed by atoms with Crippen molar-refractivity contribution in [2.45, 2.75) is 45.1 Å². The van der Waals surface area contributed by atoms with Crippen molar-refractivity contribution in [1.82, 2.24) is 9.80 Å². The van der Waals surface area contributed by atoms with Crippen molar-refractivity contribution >= 4 is 23.4 Å². The lowest BCUT2D eigenvalue weighted by Gasteiger charge is -2.33. The molecule has 3 rings (SSSR count). The number of likely N-dealkylation sites (tertiary alicyclic amines) is 2. The van der Waals surface area contributed by atoms with E-state index in [1.807, 2.05) is 47.1 Å². The molecule has 2 aliphatic rings. The number of nitrogens with one attached hydrogen (secondary N) is 1. The molecule has 2 heterocycles. The second-order valence-corrected chi connectivity index (χ2v) is 7.25. The quantitative estimate of drug-likeness (QED) is 0.879. The van der Waals surface area contributed by atoms with Crippen LogP contribution in [-0.4, -0.2) is 53.2 Å². The molecule has 0 bridgehead atoms. The van der Waals surface area contributed by atoms with Gasteiger partial charge < -0.3 is 15.1 Å². The van der Waals surface area contributed by atoms with Crippen LogP contribution < -0.4 is 5.32 Å². The summed E-state index contributed by atoms with van der Waals surface area (Å²) in [5.41, 5.74) is 0.806. The number of para-hydroxylation sites is 1. The van der Waals surface area contributed by atoms with Crippen LogP contribution in [0.1, 0.15) is 39.0 Å². The van der Waals surface area contributed by atoms with E-state index in [0.29, 0.717) is 38.8 Å². The van der Waals surface area contributed by atoms with Crippen LogP contribution in [0.3, 0.4) is 0 Å². The largest absolute Gasteiger partial charge is 0.343 e. The monoisotopic (exact) mass is 357 g/mol. The third-order valence-corrected chi connectivity index (χ3v) is 5.37. The molecule has 2 saturated heterocycles. The second-order valence-electron chi connectivity index (χ2n) is 7.25. The fourth-order valence-electron chi connectivity index (χ4n) is 3.78. The van der Waals surface area contributed by atoms with Gasteiger partial charge in [-0.25, -0.2) is 0 Å². The van der Waals surface area contributed by atoms with Crippen LogP contribution >= 0.6 is 0 Å². The second kappa shape index (κ2) is 8.34. The molecule has 6 heteroatoms. The Bertz CT molecular complexity index is 654. The van der Waals surface area contributed by atoms with Gasteiger partial charge in [-0.2, -0.15) is 0 Å². The minimum absolute atomic E-state index is 0.0272. The molecule has 1 aromatic carbocycles. The minimum atomic E-state index is -0.0585. The predicted octanol–water partition coefficient (Wildman–Crippen LogP) is 2.26. The van der Waals surface area contributed by atoms with Crippen LogP contribution in [0.2, 0.25) is 0 Å². The van der Waals surface area contributed by atoms with Crippen LogP contribution in [-0.2, 0) is 14.4 Å². The number of amides is 3. The van der Waals surface area contributed by atoms with Crippen molar-refractivity contribution < 1.29 is 14.4 Å². The summed E-state index contributed by atoms with van der Waals surface area (Å²) in [4.78, 5) is 40.4. The van der Waals surface area contributed by atoms with Gasteiger partial charge in [0.05, 0.1) is 0 Å². The number of nitrogens with zero attached hydrogens (tertiary/aromatic N) is 2. The van der Waals surface area contributed by atoms with E-state index in [2.05, 4.69) is 5.32 Å². The molecule has 140 valence electrons. The summed E-state index contributed by atoms with van der Waals surface area (Å²) in [5.74, 6) is 0.205. The number of piperidine rings is 1. The standard InChI is InChI=1S/C20H27N3O3/c1-15(23-11-5-8-18(23)24)14-19(25)22-12-9-16(10-13-22)20(26)21-17-6-3-2-4-7-17/h2-4,6-7,15-16H,5,8-14H2,1H3,(H,21,26). The Morgan fingerprint density at radius 3 is 2.46 bits per heavy atom. The summed E-state index contributed by atoms with van der Waals surface area (Å²) in [6.45, 7) is 3.91. The van der Waals surface area contributed by atoms with Crippen molar-refractivity contribution in [2.24, 2.45) is 5.92 Å². The van der Waals surface area contributed by atoms with E-state index in [4.69, 9.17) is 0 Å². The maximum Gasteiger partial charge on any atom is 0.227 e. The molecule has 2 aliphatic heterocycles. The number of hydrogen-bond acceptors (Lipinski definition) is 3. The number of anilines is 1. The fraction of sp³-hybridized carbons (Fsp3) is 0.550. The first-order valence-corrected chi connectivity index (χ1v) is 9.48. The molecule has 26 heavy (non-hydrogen) atoms. The van der Waals surface area contributed by atoms with Gasteiger partial charge in [-0.15, -0.1) is 0 Å². The van der Waals surface area contributed by atoms with Gasteiger partial charge in [-0.05, 0) is 38.3 Å². The molecule has 0 aliphatic carbocycles. The van der Waals surface area contributed by atoms with Crippen molar-refractivity contribution in [2.75, 3.05) is 25.0 Å². The Kier molecular flexibility index (Phi) is 5.91. The van der Waals surface area contributed by atoms with Gasteiger partial charge in [0.2, 0.25) is 17.7 Å². The number of carbonyl (C=O) groups is 3. The van der Waals surface area contributed by atoms with Gasteiger partial charge in [0, 0.05) is 50.1 Å². The molecule has 3 amide bonds. The van der Waals surface area contributed by atoms with Gasteiger partial charge in [0.1, 0.15) is 0 Å². The lowest BCUT2D eigenvalue weighted by atomic mass is 9.95. The third-order valence-electron chi connectivity index (χ3n) is 5.37. The number of benzene rings is 1.